The van der Waals surface area contributed by atoms with Crippen molar-refractivity contribution in [2.24, 2.45) is 5.41 Å². The van der Waals surface area contributed by atoms with E-state index in [0.717, 1.165) is 19.3 Å². The minimum Gasteiger partial charge on any atom is -0.198 e. The number of nitriles is 1. The van der Waals surface area contributed by atoms with Crippen LogP contribution in [-0.4, -0.2) is 7.85 Å². The van der Waals surface area contributed by atoms with Gasteiger partial charge in [0.1, 0.15) is 7.85 Å². The van der Waals surface area contributed by atoms with Crippen LogP contribution in [0.3, 0.4) is 0 Å². The highest BCUT2D eigenvalue weighted by atomic mass is 14.3. The molecule has 2 atom stereocenters. The largest absolute Gasteiger partial charge is 0.198 e. The van der Waals surface area contributed by atoms with Crippen LogP contribution in [0.5, 0.6) is 0 Å². The zero-order valence-corrected chi connectivity index (χ0v) is 15.4. The predicted molar refractivity (Wildman–Crippen MR) is 97.4 cm³/mol. The van der Waals surface area contributed by atoms with E-state index in [-0.39, 0.29) is 5.41 Å². The van der Waals surface area contributed by atoms with Gasteiger partial charge in [0.2, 0.25) is 0 Å². The third kappa shape index (κ3) is 10.9. The Morgan fingerprint density at radius 1 is 0.762 bits per heavy atom. The van der Waals surface area contributed by atoms with Crippen LogP contribution in [0.1, 0.15) is 105 Å². The fraction of sp³-hybridized carbons (Fsp3) is 0.947. The maximum atomic E-state index is 9.26. The van der Waals surface area contributed by atoms with Crippen LogP contribution in [0.4, 0.5) is 0 Å². The molecular formula is C19H38BN. The molecule has 0 spiro atoms. The Morgan fingerprint density at radius 3 is 1.71 bits per heavy atom. The average Bonchev–Trinajstić information content (AvgIpc) is 2.42. The monoisotopic (exact) mass is 291 g/mol. The van der Waals surface area contributed by atoms with Crippen LogP contribution in [0.15, 0.2) is 0 Å². The highest BCUT2D eigenvalue weighted by Gasteiger charge is 2.21. The molecule has 0 bridgehead atoms. The zero-order valence-electron chi connectivity index (χ0n) is 15.4. The van der Waals surface area contributed by atoms with Crippen LogP contribution in [0.25, 0.3) is 0 Å². The Hall–Kier alpha value is -0.445. The lowest BCUT2D eigenvalue weighted by atomic mass is 9.64. The lowest BCUT2D eigenvalue weighted by molar-refractivity contribution is 0.350. The molecule has 2 heteroatoms. The minimum atomic E-state index is -0.0705. The van der Waals surface area contributed by atoms with Crippen LogP contribution >= 0.6 is 0 Å². The first kappa shape index (κ1) is 20.6. The molecule has 0 aromatic carbocycles. The van der Waals surface area contributed by atoms with Crippen molar-refractivity contribution in [2.45, 2.75) is 110 Å². The smallest absolute Gasteiger partial charge is 0.109 e. The third-order valence-electron chi connectivity index (χ3n) is 4.83. The summed E-state index contributed by atoms with van der Waals surface area (Å²) in [6.45, 7) is 9.00. The summed E-state index contributed by atoms with van der Waals surface area (Å²) in [6, 6.07) is 2.52. The number of hydrogen-bond acceptors (Lipinski definition) is 1. The van der Waals surface area contributed by atoms with Crippen molar-refractivity contribution < 1.29 is 0 Å². The van der Waals surface area contributed by atoms with Crippen LogP contribution < -0.4 is 0 Å². The van der Waals surface area contributed by atoms with Crippen molar-refractivity contribution in [3.63, 3.8) is 0 Å². The quantitative estimate of drug-likeness (QED) is 0.299. The fourth-order valence-corrected chi connectivity index (χ4v) is 3.42. The zero-order chi connectivity index (χ0) is 16.2. The van der Waals surface area contributed by atoms with E-state index >= 15 is 0 Å². The second-order valence-electron chi connectivity index (χ2n) is 7.96. The van der Waals surface area contributed by atoms with Gasteiger partial charge in [-0.1, -0.05) is 90.3 Å². The van der Waals surface area contributed by atoms with Crippen molar-refractivity contribution in [1.29, 1.82) is 5.26 Å². The van der Waals surface area contributed by atoms with E-state index in [4.69, 9.17) is 0 Å². The first-order chi connectivity index (χ1) is 9.89. The number of hydrogen-bond donors (Lipinski definition) is 0. The third-order valence-corrected chi connectivity index (χ3v) is 4.83. The molecule has 1 nitrogen and oxygen atoms in total. The molecular weight excluding hydrogens is 253 g/mol. The average molecular weight is 291 g/mol. The van der Waals surface area contributed by atoms with Crippen molar-refractivity contribution in [3.05, 3.63) is 0 Å². The normalized spacial score (nSPS) is 16.9. The van der Waals surface area contributed by atoms with Crippen molar-refractivity contribution in [3.8, 4) is 6.07 Å². The summed E-state index contributed by atoms with van der Waals surface area (Å²) < 4.78 is 0. The Balaban J connectivity index is 3.55. The summed E-state index contributed by atoms with van der Waals surface area (Å²) in [7, 11) is 2.41. The van der Waals surface area contributed by atoms with Gasteiger partial charge >= 0.3 is 0 Å². The van der Waals surface area contributed by atoms with Gasteiger partial charge in [-0.25, -0.2) is 0 Å². The Morgan fingerprint density at radius 2 is 1.24 bits per heavy atom. The van der Waals surface area contributed by atoms with Gasteiger partial charge < -0.3 is 0 Å². The Bertz CT molecular complexity index is 292. The molecule has 0 N–H and O–H groups in total. The molecule has 122 valence electrons. The van der Waals surface area contributed by atoms with E-state index < -0.39 is 0 Å². The molecule has 0 rings (SSSR count). The van der Waals surface area contributed by atoms with Gasteiger partial charge in [-0.15, -0.1) is 0 Å². The summed E-state index contributed by atoms with van der Waals surface area (Å²) >= 11 is 0. The molecule has 0 aliphatic rings. The lowest BCUT2D eigenvalue weighted by Crippen LogP contribution is -2.12. The Labute approximate surface area is 135 Å². The van der Waals surface area contributed by atoms with E-state index in [2.05, 4.69) is 41.6 Å². The number of nitrogens with zero attached hydrogens (tertiary/aromatic N) is 1. The molecule has 0 saturated carbocycles. The van der Waals surface area contributed by atoms with E-state index in [9.17, 15) is 5.26 Å². The fourth-order valence-electron chi connectivity index (χ4n) is 3.42. The van der Waals surface area contributed by atoms with Gasteiger partial charge in [0.05, 0.1) is 11.5 Å². The van der Waals surface area contributed by atoms with Crippen LogP contribution in [-0.2, 0) is 0 Å². The first-order valence-corrected chi connectivity index (χ1v) is 9.30. The SMILES string of the molecule is BC(C)(CCC)CCCCCCCCC(C)(C#N)CCC. The van der Waals surface area contributed by atoms with Gasteiger partial charge in [-0.2, -0.15) is 5.26 Å². The summed E-state index contributed by atoms with van der Waals surface area (Å²) in [5.74, 6) is 0. The van der Waals surface area contributed by atoms with Crippen molar-refractivity contribution >= 4 is 7.85 Å². The molecule has 0 radical (unpaired) electrons. The molecule has 0 aliphatic heterocycles. The summed E-state index contributed by atoms with van der Waals surface area (Å²) in [5.41, 5.74) is -0.0705. The van der Waals surface area contributed by atoms with E-state index in [1.54, 1.807) is 0 Å². The van der Waals surface area contributed by atoms with Gasteiger partial charge in [-0.3, -0.25) is 0 Å². The lowest BCUT2D eigenvalue weighted by Gasteiger charge is -2.23. The summed E-state index contributed by atoms with van der Waals surface area (Å²) in [6.07, 6.45) is 15.3. The van der Waals surface area contributed by atoms with Gasteiger partial charge in [-0.05, 0) is 19.8 Å². The molecule has 0 fully saturated rings. The highest BCUT2D eigenvalue weighted by Crippen LogP contribution is 2.33. The highest BCUT2D eigenvalue weighted by molar-refractivity contribution is 6.14. The Kier molecular flexibility index (Phi) is 10.9. The van der Waals surface area contributed by atoms with E-state index in [0.29, 0.717) is 5.31 Å². The molecule has 0 aromatic rings. The molecule has 0 aliphatic carbocycles. The molecule has 0 saturated heterocycles. The van der Waals surface area contributed by atoms with Crippen molar-refractivity contribution in [1.82, 2.24) is 0 Å². The summed E-state index contributed by atoms with van der Waals surface area (Å²) in [5, 5.41) is 9.80. The maximum absolute atomic E-state index is 9.26. The van der Waals surface area contributed by atoms with Gasteiger partial charge in [0.25, 0.3) is 0 Å². The minimum absolute atomic E-state index is 0.0705. The molecule has 0 aromatic heterocycles. The molecule has 21 heavy (non-hydrogen) atoms. The van der Waals surface area contributed by atoms with Crippen LogP contribution in [0.2, 0.25) is 5.31 Å². The topological polar surface area (TPSA) is 23.8 Å². The standard InChI is InChI=1S/C19H38BN/c1-5-13-18(3,17-21)15-11-9-7-8-10-12-16-19(4,20)14-6-2/h5-16,20H2,1-4H3. The van der Waals surface area contributed by atoms with Crippen molar-refractivity contribution in [2.75, 3.05) is 0 Å². The van der Waals surface area contributed by atoms with E-state index in [1.165, 1.54) is 57.8 Å². The number of rotatable bonds is 13. The van der Waals surface area contributed by atoms with Gasteiger partial charge in [0.15, 0.2) is 0 Å². The van der Waals surface area contributed by atoms with E-state index in [1.807, 2.05) is 0 Å². The molecule has 2 unspecified atom stereocenters. The number of unbranched alkanes of at least 4 members (excludes halogenated alkanes) is 5. The summed E-state index contributed by atoms with van der Waals surface area (Å²) in [4.78, 5) is 0. The second-order valence-corrected chi connectivity index (χ2v) is 7.96. The molecule has 0 heterocycles. The predicted octanol–water partition coefficient (Wildman–Crippen LogP) is 6.05. The first-order valence-electron chi connectivity index (χ1n) is 9.30. The second kappa shape index (κ2) is 11.2. The van der Waals surface area contributed by atoms with Crippen LogP contribution in [0, 0.1) is 16.7 Å². The maximum Gasteiger partial charge on any atom is 0.109 e. The van der Waals surface area contributed by atoms with Gasteiger partial charge in [0, 0.05) is 0 Å². The molecule has 0 amide bonds.